The van der Waals surface area contributed by atoms with E-state index in [1.54, 1.807) is 23.1 Å². The van der Waals surface area contributed by atoms with E-state index < -0.39 is 0 Å². The first-order valence-electron chi connectivity index (χ1n) is 10.0. The largest absolute Gasteiger partial charge is 0.484 e. The van der Waals surface area contributed by atoms with Gasteiger partial charge in [0, 0.05) is 38.8 Å². The van der Waals surface area contributed by atoms with Crippen molar-refractivity contribution in [2.75, 3.05) is 45.9 Å². The molecule has 3 aromatic rings. The van der Waals surface area contributed by atoms with E-state index in [2.05, 4.69) is 4.90 Å². The first-order chi connectivity index (χ1) is 14.7. The van der Waals surface area contributed by atoms with Crippen LogP contribution in [-0.2, 0) is 4.79 Å². The number of piperazine rings is 1. The van der Waals surface area contributed by atoms with Gasteiger partial charge in [0.05, 0.1) is 17.6 Å². The van der Waals surface area contributed by atoms with Gasteiger partial charge in [0.1, 0.15) is 17.6 Å². The van der Waals surface area contributed by atoms with E-state index in [4.69, 9.17) is 14.3 Å². The van der Waals surface area contributed by atoms with Gasteiger partial charge in [0.15, 0.2) is 12.0 Å². The lowest BCUT2D eigenvalue weighted by Gasteiger charge is -2.34. The lowest BCUT2D eigenvalue weighted by atomic mass is 10.1. The Bertz CT molecular complexity index is 1070. The zero-order chi connectivity index (χ0) is 20.9. The van der Waals surface area contributed by atoms with Crippen LogP contribution in [0.15, 0.2) is 64.0 Å². The van der Waals surface area contributed by atoms with Crippen LogP contribution in [0.2, 0.25) is 0 Å². The Kier molecular flexibility index (Phi) is 6.11. The van der Waals surface area contributed by atoms with Crippen LogP contribution in [0.25, 0.3) is 22.1 Å². The molecule has 4 rings (SSSR count). The Hall–Kier alpha value is -3.16. The van der Waals surface area contributed by atoms with E-state index in [-0.39, 0.29) is 24.5 Å². The van der Waals surface area contributed by atoms with Crippen LogP contribution < -0.4 is 10.2 Å². The third-order valence-corrected chi connectivity index (χ3v) is 5.33. The molecule has 0 aliphatic carbocycles. The minimum Gasteiger partial charge on any atom is -0.484 e. The summed E-state index contributed by atoms with van der Waals surface area (Å²) in [6.07, 6.45) is 1.46. The molecule has 1 aliphatic heterocycles. The zero-order valence-corrected chi connectivity index (χ0v) is 16.6. The van der Waals surface area contributed by atoms with Crippen LogP contribution >= 0.6 is 0 Å². The van der Waals surface area contributed by atoms with Crippen LogP contribution in [0, 0.1) is 0 Å². The van der Waals surface area contributed by atoms with Gasteiger partial charge in [-0.15, -0.1) is 0 Å². The van der Waals surface area contributed by atoms with E-state index in [0.717, 1.165) is 18.7 Å². The summed E-state index contributed by atoms with van der Waals surface area (Å²) in [6.45, 7) is 3.43. The Morgan fingerprint density at radius 1 is 1.07 bits per heavy atom. The van der Waals surface area contributed by atoms with Gasteiger partial charge in [-0.1, -0.05) is 30.3 Å². The highest BCUT2D eigenvalue weighted by Crippen LogP contribution is 2.23. The molecule has 1 aliphatic rings. The van der Waals surface area contributed by atoms with E-state index >= 15 is 0 Å². The standard InChI is InChI=1S/C23H24N2O5/c26-13-12-24-8-10-25(11-9-24)22(27)16-29-18-6-7-19-21(14-18)30-15-20(23(19)28)17-4-2-1-3-5-17/h1-7,14-15,26H,8-13,16H2. The second-order valence-electron chi connectivity index (χ2n) is 7.24. The molecular formula is C23H24N2O5. The van der Waals surface area contributed by atoms with Gasteiger partial charge in [-0.2, -0.15) is 0 Å². The van der Waals surface area contributed by atoms with E-state index in [9.17, 15) is 9.59 Å². The maximum absolute atomic E-state index is 12.8. The number of β-amino-alcohol motifs (C(OH)–C–C–N with tert-alkyl or cyclic N) is 1. The molecule has 30 heavy (non-hydrogen) atoms. The topological polar surface area (TPSA) is 83.2 Å². The van der Waals surface area contributed by atoms with Gasteiger partial charge in [-0.05, 0) is 17.7 Å². The van der Waals surface area contributed by atoms with Crippen molar-refractivity contribution in [1.82, 2.24) is 9.80 Å². The van der Waals surface area contributed by atoms with Crippen LogP contribution in [0.5, 0.6) is 5.75 Å². The molecule has 1 aromatic heterocycles. The second-order valence-corrected chi connectivity index (χ2v) is 7.24. The fourth-order valence-electron chi connectivity index (χ4n) is 3.61. The number of carbonyl (C=O) groups excluding carboxylic acids is 1. The Labute approximate surface area is 174 Å². The Morgan fingerprint density at radius 3 is 2.57 bits per heavy atom. The van der Waals surface area contributed by atoms with Gasteiger partial charge in [-0.3, -0.25) is 14.5 Å². The van der Waals surface area contributed by atoms with E-state index in [1.165, 1.54) is 6.26 Å². The highest BCUT2D eigenvalue weighted by molar-refractivity contribution is 5.83. The summed E-state index contributed by atoms with van der Waals surface area (Å²) in [6, 6.07) is 14.4. The van der Waals surface area contributed by atoms with Crippen molar-refractivity contribution in [3.63, 3.8) is 0 Å². The fraction of sp³-hybridized carbons (Fsp3) is 0.304. The minimum absolute atomic E-state index is 0.0716. The van der Waals surface area contributed by atoms with E-state index in [0.29, 0.717) is 41.9 Å². The number of aliphatic hydroxyl groups excluding tert-OH is 1. The molecule has 2 heterocycles. The molecule has 0 bridgehead atoms. The molecule has 0 unspecified atom stereocenters. The second kappa shape index (κ2) is 9.11. The van der Waals surface area contributed by atoms with Crippen molar-refractivity contribution < 1.29 is 19.1 Å². The number of amides is 1. The number of ether oxygens (including phenoxy) is 1. The average Bonchev–Trinajstić information content (AvgIpc) is 2.79. The Morgan fingerprint density at radius 2 is 1.83 bits per heavy atom. The molecular weight excluding hydrogens is 384 g/mol. The smallest absolute Gasteiger partial charge is 0.260 e. The summed E-state index contributed by atoms with van der Waals surface area (Å²) in [5.74, 6) is 0.394. The van der Waals surface area contributed by atoms with Crippen LogP contribution in [0.1, 0.15) is 0 Å². The van der Waals surface area contributed by atoms with Crippen molar-refractivity contribution in [3.05, 3.63) is 65.0 Å². The van der Waals surface area contributed by atoms with Gasteiger partial charge in [0.25, 0.3) is 5.91 Å². The van der Waals surface area contributed by atoms with Crippen molar-refractivity contribution in [1.29, 1.82) is 0 Å². The fourth-order valence-corrected chi connectivity index (χ4v) is 3.61. The number of hydrogen-bond donors (Lipinski definition) is 1. The van der Waals surface area contributed by atoms with Gasteiger partial charge < -0.3 is 19.2 Å². The quantitative estimate of drug-likeness (QED) is 0.672. The third-order valence-electron chi connectivity index (χ3n) is 5.33. The van der Waals surface area contributed by atoms with Crippen molar-refractivity contribution >= 4 is 16.9 Å². The Balaban J connectivity index is 1.42. The molecule has 0 spiro atoms. The summed E-state index contributed by atoms with van der Waals surface area (Å²) in [4.78, 5) is 29.1. The lowest BCUT2D eigenvalue weighted by Crippen LogP contribution is -2.50. The molecule has 1 N–H and O–H groups in total. The minimum atomic E-state index is -0.106. The normalized spacial score (nSPS) is 14.8. The number of benzene rings is 2. The summed E-state index contributed by atoms with van der Waals surface area (Å²) < 4.78 is 11.3. The molecule has 0 radical (unpaired) electrons. The first-order valence-corrected chi connectivity index (χ1v) is 10.0. The van der Waals surface area contributed by atoms with Crippen molar-refractivity contribution in [2.45, 2.75) is 0 Å². The molecule has 1 amide bonds. The number of hydrogen-bond acceptors (Lipinski definition) is 6. The van der Waals surface area contributed by atoms with Crippen molar-refractivity contribution in [3.8, 4) is 16.9 Å². The number of rotatable bonds is 6. The average molecular weight is 408 g/mol. The summed E-state index contributed by atoms with van der Waals surface area (Å²) in [5.41, 5.74) is 1.62. The first kappa shape index (κ1) is 20.1. The molecule has 7 heteroatoms. The van der Waals surface area contributed by atoms with Crippen LogP contribution in [0.3, 0.4) is 0 Å². The molecule has 1 saturated heterocycles. The highest BCUT2D eigenvalue weighted by atomic mass is 16.5. The summed E-state index contributed by atoms with van der Waals surface area (Å²) in [5, 5.41) is 9.47. The molecule has 7 nitrogen and oxygen atoms in total. The van der Waals surface area contributed by atoms with Gasteiger partial charge in [-0.25, -0.2) is 0 Å². The molecule has 0 saturated carbocycles. The monoisotopic (exact) mass is 408 g/mol. The predicted octanol–water partition coefficient (Wildman–Crippen LogP) is 1.98. The number of carbonyl (C=O) groups is 1. The zero-order valence-electron chi connectivity index (χ0n) is 16.6. The van der Waals surface area contributed by atoms with E-state index in [1.807, 2.05) is 30.3 Å². The SMILES string of the molecule is O=C(COc1ccc2c(=O)c(-c3ccccc3)coc2c1)N1CCN(CCO)CC1. The maximum atomic E-state index is 12.8. The third kappa shape index (κ3) is 4.37. The number of nitrogens with zero attached hydrogens (tertiary/aromatic N) is 2. The van der Waals surface area contributed by atoms with Gasteiger partial charge >= 0.3 is 0 Å². The molecule has 1 fully saturated rings. The molecule has 2 aromatic carbocycles. The molecule has 156 valence electrons. The summed E-state index contributed by atoms with van der Waals surface area (Å²) >= 11 is 0. The van der Waals surface area contributed by atoms with Crippen molar-refractivity contribution in [2.24, 2.45) is 0 Å². The maximum Gasteiger partial charge on any atom is 0.260 e. The highest BCUT2D eigenvalue weighted by Gasteiger charge is 2.21. The van der Waals surface area contributed by atoms with Gasteiger partial charge in [0.2, 0.25) is 0 Å². The number of aliphatic hydroxyl groups is 1. The number of fused-ring (bicyclic) bond motifs is 1. The molecule has 0 atom stereocenters. The lowest BCUT2D eigenvalue weighted by molar-refractivity contribution is -0.135. The van der Waals surface area contributed by atoms with Crippen LogP contribution in [0.4, 0.5) is 0 Å². The summed E-state index contributed by atoms with van der Waals surface area (Å²) in [7, 11) is 0. The predicted molar refractivity (Wildman–Crippen MR) is 114 cm³/mol. The van der Waals surface area contributed by atoms with Crippen LogP contribution in [-0.4, -0.2) is 66.8 Å².